The van der Waals surface area contributed by atoms with Gasteiger partial charge in [0.2, 0.25) is 5.82 Å². The lowest BCUT2D eigenvalue weighted by molar-refractivity contribution is 0.573. The number of benzene rings is 2. The van der Waals surface area contributed by atoms with Gasteiger partial charge in [0.05, 0.1) is 24.0 Å². The minimum absolute atomic E-state index is 0.446. The van der Waals surface area contributed by atoms with Crippen LogP contribution in [-0.2, 0) is 6.54 Å². The van der Waals surface area contributed by atoms with E-state index in [1.54, 1.807) is 10.9 Å². The summed E-state index contributed by atoms with van der Waals surface area (Å²) in [7, 11) is 0. The molecule has 0 spiro atoms. The number of hydrogen-bond donors (Lipinski definition) is 0. The molecular weight excluding hydrogens is 404 g/mol. The monoisotopic (exact) mass is 414 g/mol. The Balaban J connectivity index is 1.62. The average Bonchev–Trinajstić information content (AvgIpc) is 3.23. The molecule has 0 unspecified atom stereocenters. The van der Waals surface area contributed by atoms with Crippen LogP contribution in [0, 0.1) is 0 Å². The second-order valence-corrected chi connectivity index (χ2v) is 6.64. The van der Waals surface area contributed by atoms with Gasteiger partial charge < -0.3 is 0 Å². The van der Waals surface area contributed by atoms with Crippen molar-refractivity contribution in [1.29, 1.82) is 0 Å². The molecule has 0 radical (unpaired) electrons. The van der Waals surface area contributed by atoms with E-state index in [0.29, 0.717) is 23.1 Å². The number of nitrogens with zero attached hydrogens (tertiary/aromatic N) is 6. The quantitative estimate of drug-likeness (QED) is 0.506. The van der Waals surface area contributed by atoms with Crippen LogP contribution in [0.15, 0.2) is 65.3 Å². The smallest absolute Gasteiger partial charge is 0.209 e. The van der Waals surface area contributed by atoms with E-state index in [0.717, 1.165) is 15.7 Å². The molecule has 0 bridgehead atoms. The van der Waals surface area contributed by atoms with Crippen LogP contribution in [-0.4, -0.2) is 30.0 Å². The molecule has 0 saturated heterocycles. The molecule has 8 heteroatoms. The highest BCUT2D eigenvalue weighted by atomic mass is 79.9. The summed E-state index contributed by atoms with van der Waals surface area (Å²) in [5.41, 5.74) is 2.60. The van der Waals surface area contributed by atoms with Crippen molar-refractivity contribution in [2.75, 3.05) is 0 Å². The summed E-state index contributed by atoms with van der Waals surface area (Å²) in [6.07, 6.45) is 1.65. The predicted molar refractivity (Wildman–Crippen MR) is 98.6 cm³/mol. The van der Waals surface area contributed by atoms with Crippen LogP contribution in [0.1, 0.15) is 5.56 Å². The van der Waals surface area contributed by atoms with E-state index in [2.05, 4.69) is 36.4 Å². The van der Waals surface area contributed by atoms with Gasteiger partial charge in [0, 0.05) is 4.47 Å². The van der Waals surface area contributed by atoms with E-state index in [1.165, 1.54) is 4.80 Å². The molecule has 25 heavy (non-hydrogen) atoms. The number of tetrazole rings is 1. The zero-order valence-electron chi connectivity index (χ0n) is 12.9. The highest BCUT2D eigenvalue weighted by Crippen LogP contribution is 2.27. The highest BCUT2D eigenvalue weighted by Gasteiger charge is 2.16. The van der Waals surface area contributed by atoms with Crippen molar-refractivity contribution in [3.8, 4) is 17.1 Å². The fourth-order valence-corrected chi connectivity index (χ4v) is 2.95. The molecule has 0 saturated carbocycles. The van der Waals surface area contributed by atoms with Gasteiger partial charge in [0.1, 0.15) is 5.15 Å². The van der Waals surface area contributed by atoms with Crippen molar-refractivity contribution in [3.05, 3.63) is 76.0 Å². The molecule has 2 heterocycles. The Kier molecular flexibility index (Phi) is 4.33. The summed E-state index contributed by atoms with van der Waals surface area (Å²) >= 11 is 9.89. The molecule has 0 aliphatic rings. The van der Waals surface area contributed by atoms with Gasteiger partial charge in [-0.15, -0.1) is 10.2 Å². The number of aromatic nitrogens is 6. The zero-order valence-corrected chi connectivity index (χ0v) is 15.3. The van der Waals surface area contributed by atoms with Crippen LogP contribution in [0.2, 0.25) is 5.15 Å². The molecule has 0 aliphatic carbocycles. The second kappa shape index (κ2) is 6.78. The van der Waals surface area contributed by atoms with Crippen LogP contribution in [0.5, 0.6) is 0 Å². The molecule has 4 aromatic rings. The second-order valence-electron chi connectivity index (χ2n) is 5.37. The first kappa shape index (κ1) is 16.0. The van der Waals surface area contributed by atoms with Crippen molar-refractivity contribution < 1.29 is 0 Å². The van der Waals surface area contributed by atoms with Crippen molar-refractivity contribution in [2.24, 2.45) is 0 Å². The maximum Gasteiger partial charge on any atom is 0.209 e. The summed E-state index contributed by atoms with van der Waals surface area (Å²) in [6.45, 7) is 0.548. The van der Waals surface area contributed by atoms with Gasteiger partial charge in [-0.2, -0.15) is 9.90 Å². The maximum absolute atomic E-state index is 6.47. The predicted octanol–water partition coefficient (Wildman–Crippen LogP) is 3.99. The van der Waals surface area contributed by atoms with Gasteiger partial charge in [0.25, 0.3) is 0 Å². The molecule has 0 atom stereocenters. The summed E-state index contributed by atoms with van der Waals surface area (Å²) in [4.78, 5) is 1.54. The van der Waals surface area contributed by atoms with Crippen LogP contribution in [0.4, 0.5) is 0 Å². The van der Waals surface area contributed by atoms with Gasteiger partial charge in [0.15, 0.2) is 0 Å². The summed E-state index contributed by atoms with van der Waals surface area (Å²) in [6, 6.07) is 17.7. The van der Waals surface area contributed by atoms with E-state index in [1.807, 2.05) is 54.6 Å². The lowest BCUT2D eigenvalue weighted by Crippen LogP contribution is -2.03. The largest absolute Gasteiger partial charge is 0.221 e. The lowest BCUT2D eigenvalue weighted by Gasteiger charge is -2.03. The lowest BCUT2D eigenvalue weighted by atomic mass is 10.2. The summed E-state index contributed by atoms with van der Waals surface area (Å²) in [5.74, 6) is 0.448. The Morgan fingerprint density at radius 1 is 1.00 bits per heavy atom. The molecule has 2 aromatic heterocycles. The van der Waals surface area contributed by atoms with Crippen LogP contribution in [0.25, 0.3) is 17.1 Å². The average molecular weight is 416 g/mol. The van der Waals surface area contributed by atoms with E-state index < -0.39 is 0 Å². The Bertz CT molecular complexity index is 994. The number of halogens is 2. The van der Waals surface area contributed by atoms with Gasteiger partial charge in [-0.05, 0) is 35.0 Å². The van der Waals surface area contributed by atoms with Gasteiger partial charge in [-0.3, -0.25) is 0 Å². The molecule has 4 rings (SSSR count). The minimum atomic E-state index is 0.446. The highest BCUT2D eigenvalue weighted by molar-refractivity contribution is 9.10. The fourth-order valence-electron chi connectivity index (χ4n) is 2.41. The SMILES string of the molecule is Clc1c(-c2nnn(Cc3ccccc3)n2)cnn1-c1ccc(Br)cc1. The minimum Gasteiger partial charge on any atom is -0.221 e. The normalized spacial score (nSPS) is 11.0. The van der Waals surface area contributed by atoms with Crippen LogP contribution in [0.3, 0.4) is 0 Å². The Hall–Kier alpha value is -2.51. The summed E-state index contributed by atoms with van der Waals surface area (Å²) in [5, 5.41) is 17.4. The molecule has 0 fully saturated rings. The molecule has 0 N–H and O–H groups in total. The Morgan fingerprint density at radius 3 is 2.52 bits per heavy atom. The topological polar surface area (TPSA) is 61.4 Å². The van der Waals surface area contributed by atoms with E-state index in [-0.39, 0.29) is 0 Å². The first-order chi connectivity index (χ1) is 12.2. The molecule has 0 aliphatic heterocycles. The van der Waals surface area contributed by atoms with Crippen molar-refractivity contribution in [3.63, 3.8) is 0 Å². The molecule has 2 aromatic carbocycles. The first-order valence-electron chi connectivity index (χ1n) is 7.52. The van der Waals surface area contributed by atoms with Gasteiger partial charge >= 0.3 is 0 Å². The number of rotatable bonds is 4. The van der Waals surface area contributed by atoms with Gasteiger partial charge in [-0.25, -0.2) is 4.68 Å². The van der Waals surface area contributed by atoms with Gasteiger partial charge in [-0.1, -0.05) is 57.9 Å². The van der Waals surface area contributed by atoms with Crippen molar-refractivity contribution >= 4 is 27.5 Å². The Morgan fingerprint density at radius 2 is 1.76 bits per heavy atom. The van der Waals surface area contributed by atoms with Crippen molar-refractivity contribution in [2.45, 2.75) is 6.54 Å². The van der Waals surface area contributed by atoms with Crippen LogP contribution < -0.4 is 0 Å². The standard InChI is InChI=1S/C17H12BrClN6/c18-13-6-8-14(9-7-13)25-16(19)15(10-20-25)17-21-23-24(22-17)11-12-4-2-1-3-5-12/h1-10H,11H2. The fraction of sp³-hybridized carbons (Fsp3) is 0.0588. The maximum atomic E-state index is 6.47. The zero-order chi connectivity index (χ0) is 17.2. The third-order valence-corrected chi connectivity index (χ3v) is 4.53. The first-order valence-corrected chi connectivity index (χ1v) is 8.69. The van der Waals surface area contributed by atoms with Crippen LogP contribution >= 0.6 is 27.5 Å². The Labute approximate surface area is 157 Å². The van der Waals surface area contributed by atoms with E-state index in [4.69, 9.17) is 11.6 Å². The molecule has 0 amide bonds. The van der Waals surface area contributed by atoms with E-state index in [9.17, 15) is 0 Å². The number of hydrogen-bond acceptors (Lipinski definition) is 4. The van der Waals surface area contributed by atoms with Crippen molar-refractivity contribution in [1.82, 2.24) is 30.0 Å². The van der Waals surface area contributed by atoms with E-state index >= 15 is 0 Å². The summed E-state index contributed by atoms with van der Waals surface area (Å²) < 4.78 is 2.63. The molecule has 124 valence electrons. The third-order valence-electron chi connectivity index (χ3n) is 3.64. The molecular formula is C17H12BrClN6. The third kappa shape index (κ3) is 3.33. The molecule has 6 nitrogen and oxygen atoms in total.